The van der Waals surface area contributed by atoms with Crippen molar-refractivity contribution in [3.63, 3.8) is 0 Å². The fraction of sp³-hybridized carbons (Fsp3) is 0.667. The van der Waals surface area contributed by atoms with E-state index < -0.39 is 6.04 Å². The van der Waals surface area contributed by atoms with Crippen molar-refractivity contribution in [1.82, 2.24) is 4.90 Å². The van der Waals surface area contributed by atoms with E-state index >= 15 is 0 Å². The molecule has 0 spiro atoms. The van der Waals surface area contributed by atoms with Crippen LogP contribution < -0.4 is 0 Å². The van der Waals surface area contributed by atoms with Crippen LogP contribution in [0.15, 0.2) is 0 Å². The molecule has 1 aliphatic rings. The van der Waals surface area contributed by atoms with Gasteiger partial charge in [0.05, 0.1) is 6.04 Å². The number of carbonyl (C=O) groups excluding carboxylic acids is 3. The summed E-state index contributed by atoms with van der Waals surface area (Å²) in [5.74, 6) is -0.512. The number of ketones is 1. The summed E-state index contributed by atoms with van der Waals surface area (Å²) in [5.41, 5.74) is 0. The van der Waals surface area contributed by atoms with Crippen molar-refractivity contribution in [2.75, 3.05) is 0 Å². The van der Waals surface area contributed by atoms with Crippen molar-refractivity contribution in [3.8, 4) is 0 Å². The van der Waals surface area contributed by atoms with Gasteiger partial charge < -0.3 is 0 Å². The minimum Gasteiger partial charge on any atom is -0.297 e. The lowest BCUT2D eigenvalue weighted by Gasteiger charge is -2.20. The molecule has 1 atom stereocenters. The first-order valence-corrected chi connectivity index (χ1v) is 4.45. The molecule has 1 heterocycles. The topological polar surface area (TPSA) is 54.5 Å². The first kappa shape index (κ1) is 9.89. The zero-order valence-electron chi connectivity index (χ0n) is 7.87. The monoisotopic (exact) mass is 183 g/mol. The maximum Gasteiger partial charge on any atom is 0.230 e. The Morgan fingerprint density at radius 3 is 2.23 bits per heavy atom. The van der Waals surface area contributed by atoms with E-state index in [2.05, 4.69) is 0 Å². The van der Waals surface area contributed by atoms with E-state index in [4.69, 9.17) is 0 Å². The van der Waals surface area contributed by atoms with Crippen LogP contribution >= 0.6 is 0 Å². The fourth-order valence-electron chi connectivity index (χ4n) is 1.47. The summed E-state index contributed by atoms with van der Waals surface area (Å²) >= 11 is 0. The predicted octanol–water partition coefficient (Wildman–Crippen LogP) is 0.503. The summed E-state index contributed by atoms with van der Waals surface area (Å²) in [6, 6.07) is -0.576. The number of imide groups is 1. The number of hydrogen-bond acceptors (Lipinski definition) is 3. The molecule has 1 fully saturated rings. The van der Waals surface area contributed by atoms with Gasteiger partial charge in [-0.1, -0.05) is 6.92 Å². The zero-order valence-corrected chi connectivity index (χ0v) is 7.87. The van der Waals surface area contributed by atoms with E-state index in [1.54, 1.807) is 13.8 Å². The third kappa shape index (κ3) is 1.76. The largest absolute Gasteiger partial charge is 0.297 e. The Morgan fingerprint density at radius 2 is 1.85 bits per heavy atom. The molecule has 1 unspecified atom stereocenters. The maximum absolute atomic E-state index is 11.2. The summed E-state index contributed by atoms with van der Waals surface area (Å²) in [4.78, 5) is 34.7. The quantitative estimate of drug-likeness (QED) is 0.599. The Balaban J connectivity index is 2.75. The lowest BCUT2D eigenvalue weighted by Crippen LogP contribution is -2.42. The lowest BCUT2D eigenvalue weighted by atomic mass is 10.1. The molecule has 1 saturated heterocycles. The molecule has 0 bridgehead atoms. The van der Waals surface area contributed by atoms with Gasteiger partial charge in [-0.15, -0.1) is 0 Å². The molecule has 1 rings (SSSR count). The number of rotatable bonds is 3. The lowest BCUT2D eigenvalue weighted by molar-refractivity contribution is -0.145. The van der Waals surface area contributed by atoms with Crippen LogP contribution in [0.4, 0.5) is 0 Å². The summed E-state index contributed by atoms with van der Waals surface area (Å²) in [5, 5.41) is 0. The fourth-order valence-corrected chi connectivity index (χ4v) is 1.47. The number of carbonyl (C=O) groups is 3. The molecule has 0 N–H and O–H groups in total. The third-order valence-electron chi connectivity index (χ3n) is 2.29. The molecule has 13 heavy (non-hydrogen) atoms. The summed E-state index contributed by atoms with van der Waals surface area (Å²) in [7, 11) is 0. The van der Waals surface area contributed by atoms with Gasteiger partial charge in [0.2, 0.25) is 11.8 Å². The van der Waals surface area contributed by atoms with E-state index in [1.165, 1.54) is 0 Å². The molecule has 0 saturated carbocycles. The van der Waals surface area contributed by atoms with Crippen LogP contribution in [-0.4, -0.2) is 28.5 Å². The Kier molecular flexibility index (Phi) is 2.80. The Morgan fingerprint density at radius 1 is 1.38 bits per heavy atom. The number of likely N-dealkylation sites (tertiary alicyclic amines) is 1. The van der Waals surface area contributed by atoms with Crippen molar-refractivity contribution in [2.24, 2.45) is 0 Å². The average Bonchev–Trinajstić information content (AvgIpc) is 2.44. The van der Waals surface area contributed by atoms with E-state index in [0.717, 1.165) is 4.90 Å². The zero-order chi connectivity index (χ0) is 10.0. The molecule has 0 aromatic rings. The van der Waals surface area contributed by atoms with E-state index in [-0.39, 0.29) is 30.4 Å². The van der Waals surface area contributed by atoms with Gasteiger partial charge in [-0.3, -0.25) is 19.3 Å². The minimum absolute atomic E-state index is 0.0661. The van der Waals surface area contributed by atoms with Crippen molar-refractivity contribution in [3.05, 3.63) is 0 Å². The highest BCUT2D eigenvalue weighted by Crippen LogP contribution is 2.16. The third-order valence-corrected chi connectivity index (χ3v) is 2.29. The SMILES string of the molecule is CCC(=O)C(C)N1C(=O)CCC1=O. The van der Waals surface area contributed by atoms with Gasteiger partial charge in [-0.05, 0) is 6.92 Å². The predicted molar refractivity (Wildman–Crippen MR) is 45.8 cm³/mol. The Bertz CT molecular complexity index is 244. The van der Waals surface area contributed by atoms with Gasteiger partial charge in [0, 0.05) is 19.3 Å². The Hall–Kier alpha value is -1.19. The number of nitrogens with zero attached hydrogens (tertiary/aromatic N) is 1. The molecular formula is C9H13NO3. The van der Waals surface area contributed by atoms with Crippen molar-refractivity contribution in [2.45, 2.75) is 39.2 Å². The van der Waals surface area contributed by atoms with Gasteiger partial charge in [-0.25, -0.2) is 0 Å². The molecule has 1 aliphatic heterocycles. The van der Waals surface area contributed by atoms with Crippen LogP contribution in [0.3, 0.4) is 0 Å². The normalized spacial score (nSPS) is 19.4. The molecule has 0 aliphatic carbocycles. The standard InChI is InChI=1S/C9H13NO3/c1-3-7(11)6(2)10-8(12)4-5-9(10)13/h6H,3-5H2,1-2H3. The van der Waals surface area contributed by atoms with Gasteiger partial charge in [-0.2, -0.15) is 0 Å². The van der Waals surface area contributed by atoms with Gasteiger partial charge in [0.15, 0.2) is 5.78 Å². The van der Waals surface area contributed by atoms with Gasteiger partial charge in [0.1, 0.15) is 0 Å². The minimum atomic E-state index is -0.576. The second kappa shape index (κ2) is 3.68. The molecule has 0 aromatic heterocycles. The highest BCUT2D eigenvalue weighted by atomic mass is 16.2. The average molecular weight is 183 g/mol. The molecule has 0 aromatic carbocycles. The number of hydrogen-bond donors (Lipinski definition) is 0. The van der Waals surface area contributed by atoms with Crippen LogP contribution in [0.5, 0.6) is 0 Å². The van der Waals surface area contributed by atoms with Crippen LogP contribution in [0, 0.1) is 0 Å². The maximum atomic E-state index is 11.2. The van der Waals surface area contributed by atoms with Gasteiger partial charge >= 0.3 is 0 Å². The van der Waals surface area contributed by atoms with Crippen LogP contribution in [0.1, 0.15) is 33.1 Å². The first-order valence-electron chi connectivity index (χ1n) is 4.45. The summed E-state index contributed by atoms with van der Waals surface area (Å²) < 4.78 is 0. The Labute approximate surface area is 76.9 Å². The number of Topliss-reactive ketones (excluding diaryl/α,β-unsaturated/α-hetero) is 1. The highest BCUT2D eigenvalue weighted by molar-refractivity contribution is 6.05. The second-order valence-corrected chi connectivity index (χ2v) is 3.15. The second-order valence-electron chi connectivity index (χ2n) is 3.15. The smallest absolute Gasteiger partial charge is 0.230 e. The van der Waals surface area contributed by atoms with Crippen molar-refractivity contribution in [1.29, 1.82) is 0 Å². The van der Waals surface area contributed by atoms with E-state index in [1.807, 2.05) is 0 Å². The first-order chi connectivity index (χ1) is 6.07. The van der Waals surface area contributed by atoms with Crippen LogP contribution in [0.2, 0.25) is 0 Å². The highest BCUT2D eigenvalue weighted by Gasteiger charge is 2.35. The summed E-state index contributed by atoms with van der Waals surface area (Å²) in [6.45, 7) is 3.33. The molecule has 72 valence electrons. The molecule has 0 radical (unpaired) electrons. The van der Waals surface area contributed by atoms with Gasteiger partial charge in [0.25, 0.3) is 0 Å². The number of amides is 2. The molecule has 2 amide bonds. The molecule has 4 heteroatoms. The van der Waals surface area contributed by atoms with Crippen LogP contribution in [-0.2, 0) is 14.4 Å². The van der Waals surface area contributed by atoms with Crippen LogP contribution in [0.25, 0.3) is 0 Å². The molecule has 4 nitrogen and oxygen atoms in total. The van der Waals surface area contributed by atoms with Crippen molar-refractivity contribution >= 4 is 17.6 Å². The summed E-state index contributed by atoms with van der Waals surface area (Å²) in [6.07, 6.45) is 0.860. The van der Waals surface area contributed by atoms with Crippen molar-refractivity contribution < 1.29 is 14.4 Å². The molecular weight excluding hydrogens is 170 g/mol. The van der Waals surface area contributed by atoms with E-state index in [0.29, 0.717) is 6.42 Å². The van der Waals surface area contributed by atoms with E-state index in [9.17, 15) is 14.4 Å².